The third kappa shape index (κ3) is 3.27. The van der Waals surface area contributed by atoms with Crippen LogP contribution in [-0.4, -0.2) is 48.5 Å². The molecule has 1 unspecified atom stereocenters. The zero-order valence-corrected chi connectivity index (χ0v) is 10.7. The highest BCUT2D eigenvalue weighted by Crippen LogP contribution is 2.10. The number of hydrogen-bond donors (Lipinski definition) is 2. The lowest BCUT2D eigenvalue weighted by atomic mass is 10.2. The van der Waals surface area contributed by atoms with Gasteiger partial charge >= 0.3 is 0 Å². The Kier molecular flexibility index (Phi) is 4.66. The number of carbonyl (C=O) groups is 1. The van der Waals surface area contributed by atoms with E-state index in [1.54, 1.807) is 6.20 Å². The average Bonchev–Trinajstić information content (AvgIpc) is 2.56. The van der Waals surface area contributed by atoms with E-state index in [9.17, 15) is 4.79 Å². The van der Waals surface area contributed by atoms with Crippen LogP contribution in [-0.2, 0) is 11.3 Å². The van der Waals surface area contributed by atoms with E-state index < -0.39 is 0 Å². The lowest BCUT2D eigenvalue weighted by molar-refractivity contribution is -0.125. The number of nitrogens with one attached hydrogen (secondary N) is 2. The predicted molar refractivity (Wildman–Crippen MR) is 70.0 cm³/mol. The first-order valence-electron chi connectivity index (χ1n) is 6.36. The summed E-state index contributed by atoms with van der Waals surface area (Å²) in [5, 5.41) is 6.05. The molecule has 1 aromatic heterocycles. The van der Waals surface area contributed by atoms with E-state index in [1.165, 1.54) is 0 Å². The highest BCUT2D eigenvalue weighted by atomic mass is 16.2. The number of pyridine rings is 1. The van der Waals surface area contributed by atoms with Gasteiger partial charge in [0.2, 0.25) is 5.91 Å². The molecule has 1 aromatic rings. The van der Waals surface area contributed by atoms with Crippen molar-refractivity contribution in [3.05, 3.63) is 30.1 Å². The molecule has 2 rings (SSSR count). The van der Waals surface area contributed by atoms with Crippen LogP contribution in [0.4, 0.5) is 0 Å². The zero-order chi connectivity index (χ0) is 12.8. The first-order valence-corrected chi connectivity index (χ1v) is 6.36. The fraction of sp³-hybridized carbons (Fsp3) is 0.538. The van der Waals surface area contributed by atoms with Crippen molar-refractivity contribution in [1.82, 2.24) is 20.5 Å². The van der Waals surface area contributed by atoms with Crippen molar-refractivity contribution in [2.75, 3.05) is 26.7 Å². The second-order valence-corrected chi connectivity index (χ2v) is 4.55. The summed E-state index contributed by atoms with van der Waals surface area (Å²) in [7, 11) is 1.88. The van der Waals surface area contributed by atoms with Gasteiger partial charge in [0.05, 0.1) is 0 Å². The maximum Gasteiger partial charge on any atom is 0.238 e. The van der Waals surface area contributed by atoms with Gasteiger partial charge in [-0.05, 0) is 25.1 Å². The van der Waals surface area contributed by atoms with Gasteiger partial charge in [0.25, 0.3) is 0 Å². The maximum absolute atomic E-state index is 12.0. The number of likely N-dealkylation sites (N-methyl/N-ethyl adjacent to an activating group) is 1. The molecule has 0 aromatic carbocycles. The summed E-state index contributed by atoms with van der Waals surface area (Å²) < 4.78 is 0. The summed E-state index contributed by atoms with van der Waals surface area (Å²) in [5.74, 6) is 0.116. The van der Waals surface area contributed by atoms with Crippen molar-refractivity contribution < 1.29 is 4.79 Å². The highest BCUT2D eigenvalue weighted by molar-refractivity contribution is 5.82. The minimum atomic E-state index is -0.0993. The quantitative estimate of drug-likeness (QED) is 0.787. The Hall–Kier alpha value is -1.46. The summed E-state index contributed by atoms with van der Waals surface area (Å²) in [4.78, 5) is 18.3. The standard InChI is InChI=1S/C13H20N4O/c1-14-9-12-13(18)16-6-3-7-17(12)10-11-4-2-5-15-8-11/h2,4-5,8,12,14H,3,6-7,9-10H2,1H3,(H,16,18). The van der Waals surface area contributed by atoms with Crippen molar-refractivity contribution in [3.63, 3.8) is 0 Å². The molecule has 1 aliphatic heterocycles. The molecule has 0 spiro atoms. The number of amides is 1. The molecule has 2 N–H and O–H groups in total. The van der Waals surface area contributed by atoms with Crippen molar-refractivity contribution in [2.24, 2.45) is 0 Å². The van der Waals surface area contributed by atoms with Crippen molar-refractivity contribution >= 4 is 5.91 Å². The predicted octanol–water partition coefficient (Wildman–Crippen LogP) is -0.00850. The van der Waals surface area contributed by atoms with Gasteiger partial charge in [-0.25, -0.2) is 0 Å². The van der Waals surface area contributed by atoms with Crippen LogP contribution in [0.2, 0.25) is 0 Å². The SMILES string of the molecule is CNCC1C(=O)NCCCN1Cc1cccnc1. The minimum Gasteiger partial charge on any atom is -0.355 e. The van der Waals surface area contributed by atoms with E-state index in [4.69, 9.17) is 0 Å². The van der Waals surface area contributed by atoms with Gasteiger partial charge in [-0.15, -0.1) is 0 Å². The Bertz CT molecular complexity index is 382. The zero-order valence-electron chi connectivity index (χ0n) is 10.7. The molecule has 0 radical (unpaired) electrons. The molecule has 1 saturated heterocycles. The van der Waals surface area contributed by atoms with Gasteiger partial charge in [-0.3, -0.25) is 14.7 Å². The molecule has 0 saturated carbocycles. The molecule has 0 bridgehead atoms. The Morgan fingerprint density at radius 2 is 2.50 bits per heavy atom. The van der Waals surface area contributed by atoms with Crippen molar-refractivity contribution in [1.29, 1.82) is 0 Å². The van der Waals surface area contributed by atoms with Crippen LogP contribution in [0, 0.1) is 0 Å². The van der Waals surface area contributed by atoms with E-state index >= 15 is 0 Å². The number of carbonyl (C=O) groups excluding carboxylic acids is 1. The molecular weight excluding hydrogens is 228 g/mol. The van der Waals surface area contributed by atoms with Gasteiger partial charge in [0, 0.05) is 38.6 Å². The number of rotatable bonds is 4. The highest BCUT2D eigenvalue weighted by Gasteiger charge is 2.27. The molecule has 2 heterocycles. The summed E-state index contributed by atoms with van der Waals surface area (Å²) in [5.41, 5.74) is 1.15. The molecule has 1 aliphatic rings. The maximum atomic E-state index is 12.0. The van der Waals surface area contributed by atoms with Gasteiger partial charge in [0.15, 0.2) is 0 Å². The van der Waals surface area contributed by atoms with E-state index in [1.807, 2.05) is 25.4 Å². The minimum absolute atomic E-state index is 0.0993. The summed E-state index contributed by atoms with van der Waals surface area (Å²) in [6.45, 7) is 3.14. The van der Waals surface area contributed by atoms with E-state index in [0.29, 0.717) is 6.54 Å². The van der Waals surface area contributed by atoms with E-state index in [2.05, 4.69) is 20.5 Å². The molecule has 5 heteroatoms. The Labute approximate surface area is 108 Å². The molecular formula is C13H20N4O. The topological polar surface area (TPSA) is 57.3 Å². The van der Waals surface area contributed by atoms with Crippen LogP contribution in [0.1, 0.15) is 12.0 Å². The number of aromatic nitrogens is 1. The monoisotopic (exact) mass is 248 g/mol. The lowest BCUT2D eigenvalue weighted by Crippen LogP contribution is -2.49. The van der Waals surface area contributed by atoms with Gasteiger partial charge < -0.3 is 10.6 Å². The molecule has 1 atom stereocenters. The van der Waals surface area contributed by atoms with Gasteiger partial charge in [-0.2, -0.15) is 0 Å². The smallest absolute Gasteiger partial charge is 0.238 e. The third-order valence-corrected chi connectivity index (χ3v) is 3.17. The normalized spacial score (nSPS) is 21.4. The van der Waals surface area contributed by atoms with Crippen molar-refractivity contribution in [2.45, 2.75) is 19.0 Å². The van der Waals surface area contributed by atoms with Gasteiger partial charge in [-0.1, -0.05) is 6.07 Å². The number of hydrogen-bond acceptors (Lipinski definition) is 4. The second-order valence-electron chi connectivity index (χ2n) is 4.55. The van der Waals surface area contributed by atoms with Crippen LogP contribution in [0.5, 0.6) is 0 Å². The fourth-order valence-corrected chi connectivity index (χ4v) is 2.26. The van der Waals surface area contributed by atoms with Crippen LogP contribution in [0.25, 0.3) is 0 Å². The fourth-order valence-electron chi connectivity index (χ4n) is 2.26. The van der Waals surface area contributed by atoms with E-state index in [0.717, 1.165) is 31.6 Å². The van der Waals surface area contributed by atoms with E-state index in [-0.39, 0.29) is 11.9 Å². The van der Waals surface area contributed by atoms with Crippen molar-refractivity contribution in [3.8, 4) is 0 Å². The average molecular weight is 248 g/mol. The Morgan fingerprint density at radius 3 is 3.22 bits per heavy atom. The van der Waals surface area contributed by atoms with Crippen LogP contribution in [0.15, 0.2) is 24.5 Å². The molecule has 18 heavy (non-hydrogen) atoms. The summed E-state index contributed by atoms with van der Waals surface area (Å²) in [6, 6.07) is 3.88. The van der Waals surface area contributed by atoms with Crippen LogP contribution < -0.4 is 10.6 Å². The summed E-state index contributed by atoms with van der Waals surface area (Å²) >= 11 is 0. The molecule has 0 aliphatic carbocycles. The van der Waals surface area contributed by atoms with Crippen LogP contribution >= 0.6 is 0 Å². The molecule has 1 amide bonds. The third-order valence-electron chi connectivity index (χ3n) is 3.17. The molecule has 98 valence electrons. The molecule has 5 nitrogen and oxygen atoms in total. The largest absolute Gasteiger partial charge is 0.355 e. The Balaban J connectivity index is 2.09. The molecule has 1 fully saturated rings. The van der Waals surface area contributed by atoms with Crippen LogP contribution in [0.3, 0.4) is 0 Å². The van der Waals surface area contributed by atoms with Gasteiger partial charge in [0.1, 0.15) is 6.04 Å². The first kappa shape index (κ1) is 13.0. The summed E-state index contributed by atoms with van der Waals surface area (Å²) in [6.07, 6.45) is 4.62. The first-order chi connectivity index (χ1) is 8.81. The lowest BCUT2D eigenvalue weighted by Gasteiger charge is -2.27. The second kappa shape index (κ2) is 6.47. The Morgan fingerprint density at radius 1 is 1.61 bits per heavy atom. The number of nitrogens with zero attached hydrogens (tertiary/aromatic N) is 2.